The molecule has 0 saturated heterocycles. The normalized spacial score (nSPS) is 10.9. The molecule has 0 amide bonds. The zero-order valence-corrected chi connectivity index (χ0v) is 27.6. The van der Waals surface area contributed by atoms with Crippen molar-refractivity contribution in [3.63, 3.8) is 0 Å². The Bertz CT molecular complexity index is 1540. The van der Waals surface area contributed by atoms with Crippen LogP contribution in [0, 0.1) is 12.1 Å². The maximum atomic E-state index is 10.1. The molecule has 0 aliphatic rings. The summed E-state index contributed by atoms with van der Waals surface area (Å²) in [6, 6.07) is 39.0. The number of aliphatic hydroxyl groups is 2. The second-order valence-corrected chi connectivity index (χ2v) is 9.22. The van der Waals surface area contributed by atoms with Crippen molar-refractivity contribution in [1.82, 2.24) is 15.0 Å². The van der Waals surface area contributed by atoms with Crippen molar-refractivity contribution in [3.8, 4) is 11.3 Å². The van der Waals surface area contributed by atoms with Gasteiger partial charge < -0.3 is 25.3 Å². The van der Waals surface area contributed by atoms with Gasteiger partial charge in [0.25, 0.3) is 0 Å². The van der Waals surface area contributed by atoms with Gasteiger partial charge in [0.2, 0.25) is 0 Å². The minimum atomic E-state index is -0.990. The largest absolute Gasteiger partial charge is 1.00 e. The Morgan fingerprint density at radius 2 is 1.32 bits per heavy atom. The van der Waals surface area contributed by atoms with Crippen LogP contribution >= 0.6 is 0 Å². The monoisotopic (exact) mass is 764 g/mol. The Kier molecular flexibility index (Phi) is 18.3. The molecule has 44 heavy (non-hydrogen) atoms. The van der Waals surface area contributed by atoms with Crippen molar-refractivity contribution in [3.05, 3.63) is 140 Å². The molecule has 0 aliphatic carbocycles. The van der Waals surface area contributed by atoms with Gasteiger partial charge in [0.15, 0.2) is 0 Å². The van der Waals surface area contributed by atoms with Gasteiger partial charge in [0.05, 0.1) is 12.2 Å². The van der Waals surface area contributed by atoms with Crippen LogP contribution in [0.25, 0.3) is 32.9 Å². The zero-order valence-electron chi connectivity index (χ0n) is 24.2. The summed E-state index contributed by atoms with van der Waals surface area (Å²) < 4.78 is 0. The molecule has 0 aliphatic heterocycles. The first kappa shape index (κ1) is 38.3. The summed E-state index contributed by atoms with van der Waals surface area (Å²) in [5.74, 6) is -0.990. The van der Waals surface area contributed by atoms with Gasteiger partial charge >= 0.3 is 25.4 Å². The van der Waals surface area contributed by atoms with Gasteiger partial charge in [0, 0.05) is 38.1 Å². The Labute approximate surface area is 283 Å². The molecule has 3 aromatic heterocycles. The third-order valence-electron chi connectivity index (χ3n) is 5.62. The topological polar surface area (TPSA) is 116 Å². The van der Waals surface area contributed by atoms with Gasteiger partial charge in [-0.3, -0.25) is 0 Å². The molecule has 0 bridgehead atoms. The smallest absolute Gasteiger partial charge is 0.477 e. The summed E-state index contributed by atoms with van der Waals surface area (Å²) in [5, 5.41) is 28.9. The molecule has 2 radical (unpaired) electrons. The number of rotatable bonds is 4. The molecule has 0 saturated carbocycles. The number of nitrogens with zero attached hydrogens (tertiary/aromatic N) is 3. The summed E-state index contributed by atoms with van der Waals surface area (Å²) in [6.45, 7) is 3.32. The van der Waals surface area contributed by atoms with Gasteiger partial charge in [-0.25, -0.2) is 9.78 Å². The molecular formula is C35H33N3O4RhRu-. The molecule has 0 spiro atoms. The third-order valence-corrected chi connectivity index (χ3v) is 5.62. The summed E-state index contributed by atoms with van der Waals surface area (Å²) in [4.78, 5) is 22.3. The number of pyridine rings is 3. The molecule has 3 heterocycles. The summed E-state index contributed by atoms with van der Waals surface area (Å²) in [7, 11) is 0. The molecular weight excluding hydrogens is 730 g/mol. The van der Waals surface area contributed by atoms with E-state index >= 15 is 0 Å². The van der Waals surface area contributed by atoms with Crippen molar-refractivity contribution < 1.29 is 59.1 Å². The van der Waals surface area contributed by atoms with Gasteiger partial charge in [-0.15, -0.1) is 70.9 Å². The van der Waals surface area contributed by atoms with E-state index in [0.29, 0.717) is 6.42 Å². The number of hydrogen-bond acceptors (Lipinski definition) is 6. The van der Waals surface area contributed by atoms with Gasteiger partial charge in [0.1, 0.15) is 5.69 Å². The third kappa shape index (κ3) is 13.3. The molecule has 6 rings (SSSR count). The van der Waals surface area contributed by atoms with E-state index in [1.54, 1.807) is 32.2 Å². The number of aromatic carboxylic acids is 1. The number of benzene rings is 3. The Morgan fingerprint density at radius 1 is 0.705 bits per heavy atom. The number of aliphatic hydroxyl groups excluding tert-OH is 2. The van der Waals surface area contributed by atoms with Crippen LogP contribution < -0.4 is 0 Å². The maximum absolute atomic E-state index is 10.1. The van der Waals surface area contributed by atoms with Crippen LogP contribution in [-0.2, 0) is 39.0 Å². The molecule has 230 valence electrons. The second-order valence-electron chi connectivity index (χ2n) is 9.22. The quantitative estimate of drug-likeness (QED) is 0.105. The van der Waals surface area contributed by atoms with Crippen LogP contribution in [0.3, 0.4) is 0 Å². The molecule has 6 aromatic rings. The number of fused-ring (bicyclic) bond motifs is 3. The number of aromatic nitrogens is 3. The van der Waals surface area contributed by atoms with Gasteiger partial charge in [-0.2, -0.15) is 0 Å². The van der Waals surface area contributed by atoms with E-state index in [1.165, 1.54) is 23.0 Å². The van der Waals surface area contributed by atoms with Crippen LogP contribution in [-0.4, -0.2) is 48.4 Å². The molecule has 3 N–H and O–H groups in total. The average Bonchev–Trinajstić information content (AvgIpc) is 3.02. The fourth-order valence-corrected chi connectivity index (χ4v) is 3.79. The van der Waals surface area contributed by atoms with Crippen molar-refractivity contribution in [2.75, 3.05) is 0 Å². The number of carboxylic acid groups (broad SMARTS) is 1. The summed E-state index contributed by atoms with van der Waals surface area (Å²) in [5.41, 5.74) is 3.12. The Balaban J connectivity index is 0.000000299. The second kappa shape index (κ2) is 21.0. The van der Waals surface area contributed by atoms with E-state index in [2.05, 4.69) is 51.4 Å². The summed E-state index contributed by atoms with van der Waals surface area (Å²) >= 11 is 0. The number of hydrogen-bond donors (Lipinski definition) is 3. The van der Waals surface area contributed by atoms with Crippen molar-refractivity contribution in [2.45, 2.75) is 32.5 Å². The molecule has 9 heteroatoms. The molecule has 2 unspecified atom stereocenters. The minimum absolute atomic E-state index is 0. The van der Waals surface area contributed by atoms with E-state index in [-0.39, 0.29) is 56.9 Å². The van der Waals surface area contributed by atoms with Crippen LogP contribution in [0.5, 0.6) is 0 Å². The van der Waals surface area contributed by atoms with E-state index < -0.39 is 5.97 Å². The maximum Gasteiger partial charge on any atom is 1.00 e. The van der Waals surface area contributed by atoms with Crippen LogP contribution in [0.2, 0.25) is 0 Å². The van der Waals surface area contributed by atoms with Crippen molar-refractivity contribution in [2.24, 2.45) is 0 Å². The first-order valence-corrected chi connectivity index (χ1v) is 13.4. The van der Waals surface area contributed by atoms with E-state index in [9.17, 15) is 4.79 Å². The minimum Gasteiger partial charge on any atom is -0.477 e. The van der Waals surface area contributed by atoms with Crippen LogP contribution in [0.4, 0.5) is 0 Å². The van der Waals surface area contributed by atoms with E-state index in [4.69, 9.17) is 15.3 Å². The predicted octanol–water partition coefficient (Wildman–Crippen LogP) is 6.65. The van der Waals surface area contributed by atoms with Crippen molar-refractivity contribution in [1.29, 1.82) is 0 Å². The van der Waals surface area contributed by atoms with Gasteiger partial charge in [-0.05, 0) is 61.1 Å². The zero-order chi connectivity index (χ0) is 30.2. The van der Waals surface area contributed by atoms with Crippen molar-refractivity contribution >= 4 is 27.6 Å². The number of carbonyl (C=O) groups is 1. The first-order chi connectivity index (χ1) is 20.3. The average molecular weight is 764 g/mol. The standard InChI is InChI=1S/C13H8N.C11H8N.C6H5NO2.C5H12O2.Rh.Ru/c1-2-6-12-10(4-1)7-8-11-5-3-9-14-13(11)12;1-2-6-10(7-3-1)11-8-4-5-9-12-11;8-6(9)5-3-1-2-4-7-5;1-4(6)3-5(2)7;;/h1-5,7-9H;1-6,8-9H;1-4H,(H,8,9);4-7H,3H2,1-2H3;;/q2*-1;;;;+1. The fourth-order valence-electron chi connectivity index (χ4n) is 3.79. The summed E-state index contributed by atoms with van der Waals surface area (Å²) in [6.07, 6.45) is 4.78. The predicted molar refractivity (Wildman–Crippen MR) is 166 cm³/mol. The number of carboxylic acids is 1. The van der Waals surface area contributed by atoms with Gasteiger partial charge in [-0.1, -0.05) is 36.4 Å². The molecule has 3 aromatic carbocycles. The molecule has 7 nitrogen and oxygen atoms in total. The Hall–Kier alpha value is -3.73. The molecule has 2 atom stereocenters. The Morgan fingerprint density at radius 3 is 1.86 bits per heavy atom. The SMILES string of the molecule is CC(O)CC(C)O.O=C(O)c1ccccn1.[Rh].[Ru+].[c-]1cccc2ccc3cccnc3c12.[c-]1ccccc1-c1ccccn1. The van der Waals surface area contributed by atoms with E-state index in [0.717, 1.165) is 22.2 Å². The van der Waals surface area contributed by atoms with E-state index in [1.807, 2.05) is 66.9 Å². The van der Waals surface area contributed by atoms with Crippen LogP contribution in [0.1, 0.15) is 30.8 Å². The fraction of sp³-hybridized carbons (Fsp3) is 0.143. The molecule has 0 fully saturated rings. The van der Waals surface area contributed by atoms with Crippen LogP contribution in [0.15, 0.2) is 122 Å². The first-order valence-electron chi connectivity index (χ1n) is 13.4.